The van der Waals surface area contributed by atoms with Gasteiger partial charge in [0.15, 0.2) is 0 Å². The van der Waals surface area contributed by atoms with Gasteiger partial charge in [-0.3, -0.25) is 0 Å². The van der Waals surface area contributed by atoms with E-state index in [9.17, 15) is 14.3 Å². The number of anilines is 1. The number of carboxylic acids is 1. The summed E-state index contributed by atoms with van der Waals surface area (Å²) in [7, 11) is 0. The lowest BCUT2D eigenvalue weighted by Gasteiger charge is -2.06. The van der Waals surface area contributed by atoms with Crippen molar-refractivity contribution < 1.29 is 19.4 Å². The average Bonchev–Trinajstić information content (AvgIpc) is 2.07. The van der Waals surface area contributed by atoms with Crippen LogP contribution in [0.1, 0.15) is 15.9 Å². The van der Waals surface area contributed by atoms with Gasteiger partial charge in [-0.05, 0) is 13.0 Å². The zero-order valence-electron chi connectivity index (χ0n) is 6.84. The van der Waals surface area contributed by atoms with Crippen LogP contribution in [-0.2, 0) is 0 Å². The van der Waals surface area contributed by atoms with Crippen LogP contribution in [0.5, 0.6) is 5.75 Å². The number of rotatable bonds is 1. The number of aromatic hydroxyl groups is 1. The number of phenolic OH excluding ortho intramolecular Hbond substituents is 1. The van der Waals surface area contributed by atoms with E-state index in [2.05, 4.69) is 0 Å². The highest BCUT2D eigenvalue weighted by molar-refractivity contribution is 5.95. The molecule has 0 amide bonds. The van der Waals surface area contributed by atoms with Crippen LogP contribution in [-0.4, -0.2) is 16.2 Å². The Morgan fingerprint density at radius 1 is 1.62 bits per heavy atom. The van der Waals surface area contributed by atoms with Gasteiger partial charge in [0.1, 0.15) is 11.6 Å². The van der Waals surface area contributed by atoms with E-state index >= 15 is 0 Å². The lowest BCUT2D eigenvalue weighted by Crippen LogP contribution is -2.04. The number of nitrogens with two attached hydrogens (primary N) is 1. The molecule has 0 aliphatic rings. The first-order valence-electron chi connectivity index (χ1n) is 3.46. The van der Waals surface area contributed by atoms with Crippen LogP contribution in [0.2, 0.25) is 0 Å². The maximum atomic E-state index is 12.9. The SMILES string of the molecule is Cc1c(F)cc(C(=O)O)c(N)c1O. The number of aromatic carboxylic acids is 1. The first kappa shape index (κ1) is 9.31. The highest BCUT2D eigenvalue weighted by Gasteiger charge is 2.16. The zero-order chi connectivity index (χ0) is 10.2. The number of nitrogen functional groups attached to an aromatic ring is 1. The molecule has 1 aromatic carbocycles. The molecule has 0 aliphatic heterocycles. The molecule has 0 spiro atoms. The van der Waals surface area contributed by atoms with Crippen LogP contribution < -0.4 is 5.73 Å². The normalized spacial score (nSPS) is 10.0. The summed E-state index contributed by atoms with van der Waals surface area (Å²) < 4.78 is 12.9. The fourth-order valence-corrected chi connectivity index (χ4v) is 0.932. The maximum Gasteiger partial charge on any atom is 0.338 e. The number of benzene rings is 1. The predicted molar refractivity (Wildman–Crippen MR) is 44.2 cm³/mol. The van der Waals surface area contributed by atoms with Crippen molar-refractivity contribution >= 4 is 11.7 Å². The quantitative estimate of drug-likeness (QED) is 0.452. The summed E-state index contributed by atoms with van der Waals surface area (Å²) in [6.07, 6.45) is 0. The Hall–Kier alpha value is -1.78. The maximum absolute atomic E-state index is 12.9. The summed E-state index contributed by atoms with van der Waals surface area (Å²) in [6, 6.07) is 0.784. The highest BCUT2D eigenvalue weighted by Crippen LogP contribution is 2.30. The van der Waals surface area contributed by atoms with E-state index < -0.39 is 23.1 Å². The van der Waals surface area contributed by atoms with E-state index in [4.69, 9.17) is 10.8 Å². The first-order valence-corrected chi connectivity index (χ1v) is 3.46. The molecule has 1 rings (SSSR count). The second-order valence-corrected chi connectivity index (χ2v) is 2.60. The van der Waals surface area contributed by atoms with Crippen LogP contribution in [0.15, 0.2) is 6.07 Å². The van der Waals surface area contributed by atoms with E-state index in [-0.39, 0.29) is 11.3 Å². The van der Waals surface area contributed by atoms with Gasteiger partial charge >= 0.3 is 5.97 Å². The van der Waals surface area contributed by atoms with E-state index in [1.807, 2.05) is 0 Å². The molecule has 0 bridgehead atoms. The third-order valence-corrected chi connectivity index (χ3v) is 1.76. The molecule has 70 valence electrons. The fourth-order valence-electron chi connectivity index (χ4n) is 0.932. The van der Waals surface area contributed by atoms with Crippen LogP contribution in [0.4, 0.5) is 10.1 Å². The Kier molecular flexibility index (Phi) is 2.10. The van der Waals surface area contributed by atoms with E-state index in [1.54, 1.807) is 0 Å². The molecule has 0 fully saturated rings. The zero-order valence-corrected chi connectivity index (χ0v) is 6.84. The summed E-state index contributed by atoms with van der Waals surface area (Å²) in [5.74, 6) is -2.67. The molecule has 0 saturated heterocycles. The van der Waals surface area contributed by atoms with Crippen LogP contribution in [0.25, 0.3) is 0 Å². The number of hydrogen-bond acceptors (Lipinski definition) is 3. The Morgan fingerprint density at radius 2 is 2.15 bits per heavy atom. The molecule has 0 saturated carbocycles. The molecular weight excluding hydrogens is 177 g/mol. The van der Waals surface area contributed by atoms with Gasteiger partial charge in [-0.15, -0.1) is 0 Å². The Morgan fingerprint density at radius 3 is 2.62 bits per heavy atom. The molecule has 4 nitrogen and oxygen atoms in total. The van der Waals surface area contributed by atoms with Crippen molar-refractivity contribution in [3.63, 3.8) is 0 Å². The van der Waals surface area contributed by atoms with Gasteiger partial charge in [-0.2, -0.15) is 0 Å². The van der Waals surface area contributed by atoms with Crippen molar-refractivity contribution in [2.45, 2.75) is 6.92 Å². The number of phenols is 1. The van der Waals surface area contributed by atoms with E-state index in [0.717, 1.165) is 6.07 Å². The Bertz CT molecular complexity index is 376. The molecule has 13 heavy (non-hydrogen) atoms. The van der Waals surface area contributed by atoms with Gasteiger partial charge in [0.05, 0.1) is 11.3 Å². The van der Waals surface area contributed by atoms with E-state index in [1.165, 1.54) is 6.92 Å². The average molecular weight is 185 g/mol. The number of halogens is 1. The van der Waals surface area contributed by atoms with Crippen molar-refractivity contribution in [3.05, 3.63) is 23.0 Å². The van der Waals surface area contributed by atoms with Gasteiger partial charge in [0, 0.05) is 5.56 Å². The van der Waals surface area contributed by atoms with Gasteiger partial charge in [-0.25, -0.2) is 9.18 Å². The number of carbonyl (C=O) groups is 1. The summed E-state index contributed by atoms with van der Waals surface area (Å²) >= 11 is 0. The van der Waals surface area contributed by atoms with Crippen LogP contribution in [0.3, 0.4) is 0 Å². The summed E-state index contributed by atoms with van der Waals surface area (Å²) in [6.45, 7) is 1.31. The molecular formula is C8H8FNO3. The molecule has 4 N–H and O–H groups in total. The van der Waals surface area contributed by atoms with Crippen LogP contribution in [0, 0.1) is 12.7 Å². The molecule has 1 aromatic rings. The van der Waals surface area contributed by atoms with E-state index in [0.29, 0.717) is 0 Å². The predicted octanol–water partition coefficient (Wildman–Crippen LogP) is 1.12. The molecule has 5 heteroatoms. The van der Waals surface area contributed by atoms with Crippen LogP contribution >= 0.6 is 0 Å². The molecule has 0 aliphatic carbocycles. The van der Waals surface area contributed by atoms with Gasteiger partial charge in [-0.1, -0.05) is 0 Å². The smallest absolute Gasteiger partial charge is 0.338 e. The van der Waals surface area contributed by atoms with Crippen molar-refractivity contribution in [2.24, 2.45) is 0 Å². The molecule has 0 unspecified atom stereocenters. The molecule has 0 heterocycles. The van der Waals surface area contributed by atoms with Crippen molar-refractivity contribution in [1.82, 2.24) is 0 Å². The lowest BCUT2D eigenvalue weighted by molar-refractivity contribution is 0.0697. The molecule has 0 aromatic heterocycles. The summed E-state index contributed by atoms with van der Waals surface area (Å²) in [5.41, 5.74) is 4.46. The molecule has 0 radical (unpaired) electrons. The van der Waals surface area contributed by atoms with Gasteiger partial charge < -0.3 is 15.9 Å². The number of carboxylic acid groups (broad SMARTS) is 1. The topological polar surface area (TPSA) is 83.5 Å². The lowest BCUT2D eigenvalue weighted by atomic mass is 10.1. The van der Waals surface area contributed by atoms with Crippen molar-refractivity contribution in [1.29, 1.82) is 0 Å². The second-order valence-electron chi connectivity index (χ2n) is 2.60. The summed E-state index contributed by atoms with van der Waals surface area (Å²) in [4.78, 5) is 10.5. The largest absolute Gasteiger partial charge is 0.505 e. The molecule has 0 atom stereocenters. The second kappa shape index (κ2) is 2.93. The third-order valence-electron chi connectivity index (χ3n) is 1.76. The van der Waals surface area contributed by atoms with Gasteiger partial charge in [0.25, 0.3) is 0 Å². The van der Waals surface area contributed by atoms with Crippen molar-refractivity contribution in [3.8, 4) is 5.75 Å². The summed E-state index contributed by atoms with van der Waals surface area (Å²) in [5, 5.41) is 17.7. The number of hydrogen-bond donors (Lipinski definition) is 3. The highest BCUT2D eigenvalue weighted by atomic mass is 19.1. The Labute approximate surface area is 73.4 Å². The minimum Gasteiger partial charge on any atom is -0.505 e. The fraction of sp³-hybridized carbons (Fsp3) is 0.125. The first-order chi connectivity index (χ1) is 5.95. The third kappa shape index (κ3) is 1.40. The van der Waals surface area contributed by atoms with Crippen molar-refractivity contribution in [2.75, 3.05) is 5.73 Å². The van der Waals surface area contributed by atoms with Gasteiger partial charge in [0.2, 0.25) is 0 Å². The standard InChI is InChI=1S/C8H8FNO3/c1-3-5(9)2-4(8(12)13)6(10)7(3)11/h2,11H,10H2,1H3,(H,12,13). The minimum atomic E-state index is -1.37. The Balaban J connectivity index is 3.50. The minimum absolute atomic E-state index is 0.0532. The monoisotopic (exact) mass is 185 g/mol.